The largest absolute Gasteiger partial charge is 0.368 e. The number of anilines is 2. The number of carbonyl (C=O) groups excluding carboxylic acids is 2. The lowest BCUT2D eigenvalue weighted by molar-refractivity contribution is -0.123. The zero-order valence-electron chi connectivity index (χ0n) is 21.5. The molecule has 0 spiro atoms. The van der Waals surface area contributed by atoms with Crippen molar-refractivity contribution in [2.75, 3.05) is 36.4 Å². The van der Waals surface area contributed by atoms with E-state index in [0.717, 1.165) is 51.3 Å². The maximum absolute atomic E-state index is 13.5. The average Bonchev–Trinajstić information content (AvgIpc) is 2.85. The highest BCUT2D eigenvalue weighted by Gasteiger charge is 2.26. The van der Waals surface area contributed by atoms with Gasteiger partial charge in [0.25, 0.3) is 5.91 Å². The summed E-state index contributed by atoms with van der Waals surface area (Å²) in [5, 5.41) is 6.28. The van der Waals surface area contributed by atoms with Crippen LogP contribution < -0.4 is 15.5 Å². The first-order valence-electron chi connectivity index (χ1n) is 13.1. The molecular formula is C29H40N4O2. The number of hydrogen-bond acceptors (Lipinski definition) is 4. The first-order chi connectivity index (χ1) is 16.8. The van der Waals surface area contributed by atoms with Gasteiger partial charge in [-0.05, 0) is 36.6 Å². The molecule has 1 aliphatic carbocycles. The summed E-state index contributed by atoms with van der Waals surface area (Å²) < 4.78 is 0. The van der Waals surface area contributed by atoms with E-state index in [1.807, 2.05) is 39.0 Å². The number of hydrogen-bond donors (Lipinski definition) is 2. The number of benzene rings is 2. The Kier molecular flexibility index (Phi) is 8.11. The van der Waals surface area contributed by atoms with Gasteiger partial charge in [-0.15, -0.1) is 0 Å². The van der Waals surface area contributed by atoms with Gasteiger partial charge < -0.3 is 15.5 Å². The van der Waals surface area contributed by atoms with Gasteiger partial charge in [-0.3, -0.25) is 14.5 Å². The van der Waals surface area contributed by atoms with Crippen molar-refractivity contribution in [3.63, 3.8) is 0 Å². The summed E-state index contributed by atoms with van der Waals surface area (Å²) in [5.41, 5.74) is 3.10. The molecule has 6 heteroatoms. The summed E-state index contributed by atoms with van der Waals surface area (Å²) in [6, 6.07) is 16.6. The van der Waals surface area contributed by atoms with Gasteiger partial charge in [-0.1, -0.05) is 70.4 Å². The molecule has 35 heavy (non-hydrogen) atoms. The minimum Gasteiger partial charge on any atom is -0.368 e. The van der Waals surface area contributed by atoms with Gasteiger partial charge in [0.2, 0.25) is 5.91 Å². The van der Waals surface area contributed by atoms with Crippen molar-refractivity contribution in [1.82, 2.24) is 10.2 Å². The van der Waals surface area contributed by atoms with Gasteiger partial charge >= 0.3 is 0 Å². The van der Waals surface area contributed by atoms with Crippen LogP contribution in [0.1, 0.15) is 68.8 Å². The number of amides is 2. The Bertz CT molecular complexity index is 1000. The van der Waals surface area contributed by atoms with Crippen LogP contribution in [-0.2, 0) is 11.3 Å². The SMILES string of the molecule is CC(C)(C)C(=O)Nc1ccc(N2CCN(Cc3ccccc3)CC2)c(C(=O)NC2CCCCC2)c1. The van der Waals surface area contributed by atoms with Crippen molar-refractivity contribution in [1.29, 1.82) is 0 Å². The van der Waals surface area contributed by atoms with Crippen LogP contribution in [0.15, 0.2) is 48.5 Å². The third-order valence-electron chi connectivity index (χ3n) is 7.08. The van der Waals surface area contributed by atoms with E-state index in [1.54, 1.807) is 0 Å². The van der Waals surface area contributed by atoms with Crippen molar-refractivity contribution >= 4 is 23.2 Å². The maximum atomic E-state index is 13.5. The van der Waals surface area contributed by atoms with Gasteiger partial charge in [-0.2, -0.15) is 0 Å². The molecule has 2 aromatic carbocycles. The highest BCUT2D eigenvalue weighted by Crippen LogP contribution is 2.28. The lowest BCUT2D eigenvalue weighted by Gasteiger charge is -2.37. The number of nitrogens with one attached hydrogen (secondary N) is 2. The maximum Gasteiger partial charge on any atom is 0.253 e. The van der Waals surface area contributed by atoms with Crippen molar-refractivity contribution in [3.05, 3.63) is 59.7 Å². The van der Waals surface area contributed by atoms with Gasteiger partial charge in [0.1, 0.15) is 0 Å². The molecule has 0 radical (unpaired) electrons. The Labute approximate surface area is 210 Å². The molecular weight excluding hydrogens is 436 g/mol. The molecule has 0 atom stereocenters. The third kappa shape index (κ3) is 6.85. The first-order valence-corrected chi connectivity index (χ1v) is 13.1. The second-order valence-corrected chi connectivity index (χ2v) is 11.0. The van der Waals surface area contributed by atoms with Crippen molar-refractivity contribution in [2.45, 2.75) is 65.5 Å². The van der Waals surface area contributed by atoms with E-state index in [9.17, 15) is 9.59 Å². The van der Waals surface area contributed by atoms with Gasteiger partial charge in [0, 0.05) is 55.6 Å². The Morgan fingerprint density at radius 2 is 1.60 bits per heavy atom. The Morgan fingerprint density at radius 1 is 0.914 bits per heavy atom. The van der Waals surface area contributed by atoms with E-state index < -0.39 is 5.41 Å². The second-order valence-electron chi connectivity index (χ2n) is 11.0. The van der Waals surface area contributed by atoms with Crippen LogP contribution in [0.25, 0.3) is 0 Å². The summed E-state index contributed by atoms with van der Waals surface area (Å²) >= 11 is 0. The lowest BCUT2D eigenvalue weighted by Crippen LogP contribution is -2.46. The van der Waals surface area contributed by atoms with Crippen LogP contribution in [0, 0.1) is 5.41 Å². The smallest absolute Gasteiger partial charge is 0.253 e. The molecule has 2 aliphatic rings. The van der Waals surface area contributed by atoms with Crippen LogP contribution in [0.5, 0.6) is 0 Å². The van der Waals surface area contributed by atoms with Crippen LogP contribution in [0.4, 0.5) is 11.4 Å². The highest BCUT2D eigenvalue weighted by molar-refractivity contribution is 6.02. The molecule has 1 aliphatic heterocycles. The molecule has 188 valence electrons. The number of nitrogens with zero attached hydrogens (tertiary/aromatic N) is 2. The lowest BCUT2D eigenvalue weighted by atomic mass is 9.95. The molecule has 2 aromatic rings. The predicted octanol–water partition coefficient (Wildman–Crippen LogP) is 5.06. The molecule has 1 saturated carbocycles. The molecule has 2 amide bonds. The fourth-order valence-electron chi connectivity index (χ4n) is 4.89. The number of carbonyl (C=O) groups is 2. The minimum atomic E-state index is -0.502. The molecule has 4 rings (SSSR count). The predicted molar refractivity (Wildman–Crippen MR) is 143 cm³/mol. The summed E-state index contributed by atoms with van der Waals surface area (Å²) in [4.78, 5) is 30.8. The zero-order valence-corrected chi connectivity index (χ0v) is 21.5. The van der Waals surface area contributed by atoms with Crippen molar-refractivity contribution < 1.29 is 9.59 Å². The van der Waals surface area contributed by atoms with E-state index in [4.69, 9.17) is 0 Å². The van der Waals surface area contributed by atoms with E-state index >= 15 is 0 Å². The molecule has 1 saturated heterocycles. The average molecular weight is 477 g/mol. The topological polar surface area (TPSA) is 64.7 Å². The van der Waals surface area contributed by atoms with Gasteiger partial charge in [-0.25, -0.2) is 0 Å². The van der Waals surface area contributed by atoms with E-state index in [0.29, 0.717) is 11.3 Å². The fraction of sp³-hybridized carbons (Fsp3) is 0.517. The van der Waals surface area contributed by atoms with Crippen LogP contribution >= 0.6 is 0 Å². The van der Waals surface area contributed by atoms with Crippen LogP contribution in [0.2, 0.25) is 0 Å². The monoisotopic (exact) mass is 476 g/mol. The van der Waals surface area contributed by atoms with E-state index in [1.165, 1.54) is 24.8 Å². The quantitative estimate of drug-likeness (QED) is 0.612. The molecule has 2 fully saturated rings. The summed E-state index contributed by atoms with van der Waals surface area (Å²) in [5.74, 6) is -0.0936. The molecule has 0 unspecified atom stereocenters. The van der Waals surface area contributed by atoms with Crippen molar-refractivity contribution in [3.8, 4) is 0 Å². The molecule has 6 nitrogen and oxygen atoms in total. The van der Waals surface area contributed by atoms with Gasteiger partial charge in [0.05, 0.1) is 5.56 Å². The van der Waals surface area contributed by atoms with Gasteiger partial charge in [0.15, 0.2) is 0 Å². The van der Waals surface area contributed by atoms with Crippen LogP contribution in [-0.4, -0.2) is 48.9 Å². The Balaban J connectivity index is 1.49. The Hall–Kier alpha value is -2.86. The minimum absolute atomic E-state index is 0.0366. The summed E-state index contributed by atoms with van der Waals surface area (Å²) in [6.07, 6.45) is 5.67. The number of piperazine rings is 1. The van der Waals surface area contributed by atoms with Crippen molar-refractivity contribution in [2.24, 2.45) is 5.41 Å². The first kappa shape index (κ1) is 25.2. The normalized spacial score (nSPS) is 17.7. The molecule has 0 aromatic heterocycles. The Morgan fingerprint density at radius 3 is 2.26 bits per heavy atom. The fourth-order valence-corrected chi connectivity index (χ4v) is 4.89. The highest BCUT2D eigenvalue weighted by atomic mass is 16.2. The standard InChI is InChI=1S/C29H40N4O2/c1-29(2,3)28(35)31-24-14-15-26(25(20-24)27(34)30-23-12-8-5-9-13-23)33-18-16-32(17-19-33)21-22-10-6-4-7-11-22/h4,6-7,10-11,14-15,20,23H,5,8-9,12-13,16-19,21H2,1-3H3,(H,30,34)(H,31,35). The van der Waals surface area contributed by atoms with E-state index in [-0.39, 0.29) is 17.9 Å². The second kappa shape index (κ2) is 11.3. The molecule has 0 bridgehead atoms. The van der Waals surface area contributed by atoms with Crippen LogP contribution in [0.3, 0.4) is 0 Å². The molecule has 1 heterocycles. The number of rotatable bonds is 6. The summed E-state index contributed by atoms with van der Waals surface area (Å²) in [6.45, 7) is 10.2. The molecule has 2 N–H and O–H groups in total. The zero-order chi connectivity index (χ0) is 24.8. The van der Waals surface area contributed by atoms with E-state index in [2.05, 4.69) is 50.8 Å². The third-order valence-corrected chi connectivity index (χ3v) is 7.08. The summed E-state index contributed by atoms with van der Waals surface area (Å²) in [7, 11) is 0.